The lowest BCUT2D eigenvalue weighted by molar-refractivity contribution is -0.120. The van der Waals surface area contributed by atoms with E-state index in [9.17, 15) is 4.79 Å². The SMILES string of the molecule is CCC(NCCCC(=O)NC)c1ccccc1. The molecule has 0 saturated heterocycles. The van der Waals surface area contributed by atoms with Gasteiger partial charge < -0.3 is 10.6 Å². The fraction of sp³-hybridized carbons (Fsp3) is 0.500. The van der Waals surface area contributed by atoms with E-state index in [0.29, 0.717) is 12.5 Å². The second-order valence-electron chi connectivity index (χ2n) is 4.10. The number of carbonyl (C=O) groups is 1. The molecular formula is C14H22N2O. The highest BCUT2D eigenvalue weighted by Crippen LogP contribution is 2.15. The molecule has 0 saturated carbocycles. The van der Waals surface area contributed by atoms with E-state index in [0.717, 1.165) is 19.4 Å². The van der Waals surface area contributed by atoms with Crippen molar-refractivity contribution in [1.82, 2.24) is 10.6 Å². The molecule has 1 unspecified atom stereocenters. The quantitative estimate of drug-likeness (QED) is 0.710. The monoisotopic (exact) mass is 234 g/mol. The first-order chi connectivity index (χ1) is 8.27. The number of nitrogens with one attached hydrogen (secondary N) is 2. The van der Waals surface area contributed by atoms with Crippen LogP contribution in [0.25, 0.3) is 0 Å². The minimum Gasteiger partial charge on any atom is -0.359 e. The number of carbonyl (C=O) groups excluding carboxylic acids is 1. The average Bonchev–Trinajstić information content (AvgIpc) is 2.39. The van der Waals surface area contributed by atoms with Gasteiger partial charge in [0.25, 0.3) is 0 Å². The van der Waals surface area contributed by atoms with Crippen LogP contribution in [0.5, 0.6) is 0 Å². The summed E-state index contributed by atoms with van der Waals surface area (Å²) in [5.74, 6) is 0.111. The van der Waals surface area contributed by atoms with Crippen molar-refractivity contribution in [3.05, 3.63) is 35.9 Å². The summed E-state index contributed by atoms with van der Waals surface area (Å²) in [5.41, 5.74) is 1.31. The molecule has 2 N–H and O–H groups in total. The van der Waals surface area contributed by atoms with Gasteiger partial charge in [0.2, 0.25) is 5.91 Å². The van der Waals surface area contributed by atoms with E-state index in [-0.39, 0.29) is 5.91 Å². The van der Waals surface area contributed by atoms with E-state index in [1.165, 1.54) is 5.56 Å². The summed E-state index contributed by atoms with van der Waals surface area (Å²) in [6.07, 6.45) is 2.53. The zero-order chi connectivity index (χ0) is 12.5. The van der Waals surface area contributed by atoms with E-state index >= 15 is 0 Å². The summed E-state index contributed by atoms with van der Waals surface area (Å²) < 4.78 is 0. The standard InChI is InChI=1S/C14H22N2O/c1-3-13(12-8-5-4-6-9-12)16-11-7-10-14(17)15-2/h4-6,8-9,13,16H,3,7,10-11H2,1-2H3,(H,15,17). The van der Waals surface area contributed by atoms with Crippen LogP contribution in [0.4, 0.5) is 0 Å². The van der Waals surface area contributed by atoms with Crippen LogP contribution in [0, 0.1) is 0 Å². The van der Waals surface area contributed by atoms with Crippen LogP contribution < -0.4 is 10.6 Å². The maximum Gasteiger partial charge on any atom is 0.219 e. The third-order valence-corrected chi connectivity index (χ3v) is 2.86. The number of amides is 1. The van der Waals surface area contributed by atoms with Gasteiger partial charge in [-0.05, 0) is 24.9 Å². The van der Waals surface area contributed by atoms with Gasteiger partial charge in [-0.2, -0.15) is 0 Å². The van der Waals surface area contributed by atoms with Gasteiger partial charge >= 0.3 is 0 Å². The Kier molecular flexibility index (Phi) is 6.33. The highest BCUT2D eigenvalue weighted by atomic mass is 16.1. The Labute approximate surface area is 104 Å². The fourth-order valence-electron chi connectivity index (χ4n) is 1.83. The van der Waals surface area contributed by atoms with Gasteiger partial charge in [-0.15, -0.1) is 0 Å². The summed E-state index contributed by atoms with van der Waals surface area (Å²) in [5, 5.41) is 6.12. The molecule has 0 radical (unpaired) electrons. The summed E-state index contributed by atoms with van der Waals surface area (Å²) in [7, 11) is 1.68. The lowest BCUT2D eigenvalue weighted by atomic mass is 10.0. The molecule has 1 aromatic carbocycles. The van der Waals surface area contributed by atoms with Crippen LogP contribution in [0.1, 0.15) is 37.8 Å². The van der Waals surface area contributed by atoms with Gasteiger partial charge in [-0.25, -0.2) is 0 Å². The number of rotatable bonds is 7. The largest absolute Gasteiger partial charge is 0.359 e. The lowest BCUT2D eigenvalue weighted by Gasteiger charge is -2.17. The van der Waals surface area contributed by atoms with Crippen LogP contribution in [0.2, 0.25) is 0 Å². The Morgan fingerprint density at radius 1 is 1.29 bits per heavy atom. The Hall–Kier alpha value is -1.35. The lowest BCUT2D eigenvalue weighted by Crippen LogP contribution is -2.24. The maximum atomic E-state index is 11.1. The second-order valence-corrected chi connectivity index (χ2v) is 4.10. The van der Waals surface area contributed by atoms with E-state index in [2.05, 4.69) is 41.8 Å². The number of benzene rings is 1. The van der Waals surface area contributed by atoms with Crippen molar-refractivity contribution in [2.24, 2.45) is 0 Å². The molecule has 0 aliphatic carbocycles. The van der Waals surface area contributed by atoms with E-state index in [1.807, 2.05) is 6.07 Å². The maximum absolute atomic E-state index is 11.1. The summed E-state index contributed by atoms with van der Waals surface area (Å²) >= 11 is 0. The van der Waals surface area contributed by atoms with Crippen molar-refractivity contribution in [3.8, 4) is 0 Å². The molecule has 1 aromatic rings. The highest BCUT2D eigenvalue weighted by Gasteiger charge is 2.07. The fourth-order valence-corrected chi connectivity index (χ4v) is 1.83. The van der Waals surface area contributed by atoms with Crippen LogP contribution in [-0.4, -0.2) is 19.5 Å². The minimum atomic E-state index is 0.111. The summed E-state index contributed by atoms with van der Waals surface area (Å²) in [6.45, 7) is 3.05. The third kappa shape index (κ3) is 5.00. The Morgan fingerprint density at radius 3 is 2.59 bits per heavy atom. The highest BCUT2D eigenvalue weighted by molar-refractivity contribution is 5.75. The second kappa shape index (κ2) is 7.85. The van der Waals surface area contributed by atoms with Gasteiger partial charge in [-0.1, -0.05) is 37.3 Å². The molecule has 17 heavy (non-hydrogen) atoms. The van der Waals surface area contributed by atoms with E-state index < -0.39 is 0 Å². The Morgan fingerprint density at radius 2 is 2.00 bits per heavy atom. The van der Waals surface area contributed by atoms with Crippen molar-refractivity contribution < 1.29 is 4.79 Å². The molecule has 1 amide bonds. The van der Waals surface area contributed by atoms with E-state index in [4.69, 9.17) is 0 Å². The topological polar surface area (TPSA) is 41.1 Å². The summed E-state index contributed by atoms with van der Waals surface area (Å²) in [4.78, 5) is 11.1. The molecule has 0 aliphatic rings. The first-order valence-corrected chi connectivity index (χ1v) is 6.26. The molecule has 94 valence electrons. The molecule has 0 heterocycles. The van der Waals surface area contributed by atoms with Crippen molar-refractivity contribution in [3.63, 3.8) is 0 Å². The first kappa shape index (κ1) is 13.7. The Bertz CT molecular complexity index is 324. The molecule has 0 bridgehead atoms. The zero-order valence-electron chi connectivity index (χ0n) is 10.7. The predicted octanol–water partition coefficient (Wildman–Crippen LogP) is 2.25. The zero-order valence-corrected chi connectivity index (χ0v) is 10.7. The van der Waals surface area contributed by atoms with Crippen molar-refractivity contribution in [2.75, 3.05) is 13.6 Å². The molecule has 3 heteroatoms. The van der Waals surface area contributed by atoms with Gasteiger partial charge in [-0.3, -0.25) is 4.79 Å². The molecule has 3 nitrogen and oxygen atoms in total. The number of hydrogen-bond donors (Lipinski definition) is 2. The van der Waals surface area contributed by atoms with Crippen LogP contribution in [0.15, 0.2) is 30.3 Å². The van der Waals surface area contributed by atoms with Gasteiger partial charge in [0.1, 0.15) is 0 Å². The van der Waals surface area contributed by atoms with Gasteiger partial charge in [0.05, 0.1) is 0 Å². The summed E-state index contributed by atoms with van der Waals surface area (Å²) in [6, 6.07) is 10.8. The third-order valence-electron chi connectivity index (χ3n) is 2.86. The molecular weight excluding hydrogens is 212 g/mol. The average molecular weight is 234 g/mol. The smallest absolute Gasteiger partial charge is 0.219 e. The van der Waals surface area contributed by atoms with Gasteiger partial charge in [0, 0.05) is 19.5 Å². The van der Waals surface area contributed by atoms with Crippen LogP contribution in [0.3, 0.4) is 0 Å². The van der Waals surface area contributed by atoms with Crippen LogP contribution in [-0.2, 0) is 4.79 Å². The molecule has 0 aromatic heterocycles. The van der Waals surface area contributed by atoms with Crippen molar-refractivity contribution >= 4 is 5.91 Å². The number of hydrogen-bond acceptors (Lipinski definition) is 2. The predicted molar refractivity (Wildman–Crippen MR) is 70.8 cm³/mol. The van der Waals surface area contributed by atoms with E-state index in [1.54, 1.807) is 7.05 Å². The normalized spacial score (nSPS) is 12.1. The van der Waals surface area contributed by atoms with Crippen molar-refractivity contribution in [2.45, 2.75) is 32.2 Å². The molecule has 0 aliphatic heterocycles. The minimum absolute atomic E-state index is 0.111. The Balaban J connectivity index is 2.31. The first-order valence-electron chi connectivity index (χ1n) is 6.26. The van der Waals surface area contributed by atoms with Crippen LogP contribution >= 0.6 is 0 Å². The molecule has 0 fully saturated rings. The molecule has 1 rings (SSSR count). The van der Waals surface area contributed by atoms with Crippen molar-refractivity contribution in [1.29, 1.82) is 0 Å². The van der Waals surface area contributed by atoms with Gasteiger partial charge in [0.15, 0.2) is 0 Å². The molecule has 0 spiro atoms. The molecule has 1 atom stereocenters.